The summed E-state index contributed by atoms with van der Waals surface area (Å²) in [4.78, 5) is 31.0. The van der Waals surface area contributed by atoms with Gasteiger partial charge in [0.1, 0.15) is 5.75 Å². The lowest BCUT2D eigenvalue weighted by atomic mass is 9.93. The number of likely N-dealkylation sites (tertiary alicyclic amines) is 1. The lowest BCUT2D eigenvalue weighted by molar-refractivity contribution is -0.131. The van der Waals surface area contributed by atoms with Crippen molar-refractivity contribution >= 4 is 11.8 Å². The van der Waals surface area contributed by atoms with Gasteiger partial charge >= 0.3 is 0 Å². The average Bonchev–Trinajstić information content (AvgIpc) is 2.84. The second-order valence-corrected chi connectivity index (χ2v) is 8.09. The van der Waals surface area contributed by atoms with E-state index in [-0.39, 0.29) is 11.8 Å². The number of ether oxygens (including phenoxy) is 1. The van der Waals surface area contributed by atoms with Gasteiger partial charge in [0, 0.05) is 35.8 Å². The third-order valence-electron chi connectivity index (χ3n) is 5.94. The molecule has 1 aliphatic heterocycles. The van der Waals surface area contributed by atoms with Gasteiger partial charge in [0.15, 0.2) is 0 Å². The van der Waals surface area contributed by atoms with Crippen molar-refractivity contribution in [1.82, 2.24) is 9.88 Å². The van der Waals surface area contributed by atoms with Gasteiger partial charge in [0.2, 0.25) is 11.8 Å². The fourth-order valence-corrected chi connectivity index (χ4v) is 4.12. The molecule has 0 aliphatic carbocycles. The van der Waals surface area contributed by atoms with Gasteiger partial charge in [-0.05, 0) is 54.8 Å². The molecule has 1 saturated heterocycles. The highest BCUT2D eigenvalue weighted by atomic mass is 16.5. The molecule has 1 aliphatic rings. The van der Waals surface area contributed by atoms with Crippen LogP contribution in [-0.2, 0) is 11.2 Å². The highest BCUT2D eigenvalue weighted by molar-refractivity contribution is 5.93. The molecule has 0 bridgehead atoms. The minimum atomic E-state index is -0.445. The van der Waals surface area contributed by atoms with Gasteiger partial charge < -0.3 is 15.4 Å². The maximum absolute atomic E-state index is 12.9. The van der Waals surface area contributed by atoms with Crippen molar-refractivity contribution in [2.75, 3.05) is 20.2 Å². The topological polar surface area (TPSA) is 85.5 Å². The summed E-state index contributed by atoms with van der Waals surface area (Å²) in [5, 5.41) is 0. The van der Waals surface area contributed by atoms with E-state index in [1.165, 1.54) is 0 Å². The Balaban J connectivity index is 1.45. The molecule has 0 saturated carbocycles. The van der Waals surface area contributed by atoms with E-state index in [2.05, 4.69) is 0 Å². The Hall–Kier alpha value is -3.67. The van der Waals surface area contributed by atoms with E-state index in [0.717, 1.165) is 47.7 Å². The van der Waals surface area contributed by atoms with Crippen molar-refractivity contribution in [1.29, 1.82) is 0 Å². The Morgan fingerprint density at radius 3 is 2.50 bits per heavy atom. The van der Waals surface area contributed by atoms with Gasteiger partial charge in [0.05, 0.1) is 19.2 Å². The number of amides is 2. The van der Waals surface area contributed by atoms with Crippen molar-refractivity contribution in [2.24, 2.45) is 5.73 Å². The molecule has 6 heteroatoms. The second-order valence-electron chi connectivity index (χ2n) is 8.09. The van der Waals surface area contributed by atoms with Crippen molar-refractivity contribution in [2.45, 2.75) is 25.2 Å². The molecular weight excluding hydrogens is 402 g/mol. The SMILES string of the molecule is COc1ccc(CC(=O)N2CCC[C@@H](c3cccc(-c4ccc(C(N)=O)cc4)n3)C2)cc1. The monoisotopic (exact) mass is 429 g/mol. The van der Waals surface area contributed by atoms with Crippen LogP contribution < -0.4 is 10.5 Å². The maximum Gasteiger partial charge on any atom is 0.248 e. The number of nitrogens with zero attached hydrogens (tertiary/aromatic N) is 2. The first kappa shape index (κ1) is 21.6. The number of rotatable bonds is 6. The summed E-state index contributed by atoms with van der Waals surface area (Å²) in [6.07, 6.45) is 2.35. The number of methoxy groups -OCH3 is 1. The Kier molecular flexibility index (Phi) is 6.50. The summed E-state index contributed by atoms with van der Waals surface area (Å²) in [5.74, 6) is 0.681. The van der Waals surface area contributed by atoms with Gasteiger partial charge in [-0.2, -0.15) is 0 Å². The molecular formula is C26H27N3O3. The molecule has 2 aromatic carbocycles. The number of nitrogens with two attached hydrogens (primary N) is 1. The maximum atomic E-state index is 12.9. The molecule has 4 rings (SSSR count). The zero-order valence-electron chi connectivity index (χ0n) is 18.2. The van der Waals surface area contributed by atoms with Crippen LogP contribution in [-0.4, -0.2) is 41.9 Å². The number of hydrogen-bond acceptors (Lipinski definition) is 4. The molecule has 164 valence electrons. The van der Waals surface area contributed by atoms with E-state index in [1.54, 1.807) is 19.2 Å². The molecule has 2 N–H and O–H groups in total. The molecule has 1 atom stereocenters. The van der Waals surface area contributed by atoms with Crippen LogP contribution in [0.5, 0.6) is 5.75 Å². The van der Waals surface area contributed by atoms with Crippen LogP contribution in [0, 0.1) is 0 Å². The van der Waals surface area contributed by atoms with Crippen LogP contribution >= 0.6 is 0 Å². The van der Waals surface area contributed by atoms with Crippen LogP contribution in [0.2, 0.25) is 0 Å². The minimum absolute atomic E-state index is 0.137. The molecule has 1 fully saturated rings. The molecule has 0 spiro atoms. The Bertz CT molecular complexity index is 1090. The minimum Gasteiger partial charge on any atom is -0.497 e. The summed E-state index contributed by atoms with van der Waals surface area (Å²) in [6.45, 7) is 1.45. The zero-order chi connectivity index (χ0) is 22.5. The first-order valence-corrected chi connectivity index (χ1v) is 10.8. The molecule has 6 nitrogen and oxygen atoms in total. The first-order valence-electron chi connectivity index (χ1n) is 10.8. The van der Waals surface area contributed by atoms with Crippen molar-refractivity contribution in [3.8, 4) is 17.0 Å². The smallest absolute Gasteiger partial charge is 0.248 e. The molecule has 2 heterocycles. The number of piperidine rings is 1. The summed E-state index contributed by atoms with van der Waals surface area (Å²) in [7, 11) is 1.63. The second kappa shape index (κ2) is 9.64. The summed E-state index contributed by atoms with van der Waals surface area (Å²) in [6, 6.07) is 20.8. The highest BCUT2D eigenvalue weighted by Crippen LogP contribution is 2.28. The lowest BCUT2D eigenvalue weighted by Gasteiger charge is -2.32. The van der Waals surface area contributed by atoms with Gasteiger partial charge in [-0.15, -0.1) is 0 Å². The predicted octanol–water partition coefficient (Wildman–Crippen LogP) is 3.80. The van der Waals surface area contributed by atoms with Crippen LogP contribution in [0.25, 0.3) is 11.3 Å². The first-order chi connectivity index (χ1) is 15.5. The van der Waals surface area contributed by atoms with E-state index < -0.39 is 5.91 Å². The third-order valence-corrected chi connectivity index (χ3v) is 5.94. The number of carbonyl (C=O) groups excluding carboxylic acids is 2. The largest absolute Gasteiger partial charge is 0.497 e. The number of aromatic nitrogens is 1. The quantitative estimate of drug-likeness (QED) is 0.646. The van der Waals surface area contributed by atoms with Gasteiger partial charge in [-0.3, -0.25) is 14.6 Å². The van der Waals surface area contributed by atoms with Gasteiger partial charge in [0.25, 0.3) is 0 Å². The van der Waals surface area contributed by atoms with Crippen molar-refractivity contribution < 1.29 is 14.3 Å². The molecule has 3 aromatic rings. The summed E-state index contributed by atoms with van der Waals surface area (Å²) in [5.41, 5.74) is 9.56. The van der Waals surface area contributed by atoms with E-state index in [9.17, 15) is 9.59 Å². The molecule has 2 amide bonds. The number of primary amides is 1. The van der Waals surface area contributed by atoms with Gasteiger partial charge in [-0.25, -0.2) is 0 Å². The normalized spacial score (nSPS) is 15.9. The number of benzene rings is 2. The highest BCUT2D eigenvalue weighted by Gasteiger charge is 2.25. The predicted molar refractivity (Wildman–Crippen MR) is 123 cm³/mol. The molecule has 32 heavy (non-hydrogen) atoms. The van der Waals surface area contributed by atoms with E-state index in [4.69, 9.17) is 15.5 Å². The third kappa shape index (κ3) is 4.97. The lowest BCUT2D eigenvalue weighted by Crippen LogP contribution is -2.40. The average molecular weight is 430 g/mol. The Morgan fingerprint density at radius 2 is 1.81 bits per heavy atom. The van der Waals surface area contributed by atoms with Crippen LogP contribution in [0.4, 0.5) is 0 Å². The molecule has 1 aromatic heterocycles. The van der Waals surface area contributed by atoms with E-state index in [0.29, 0.717) is 18.5 Å². The van der Waals surface area contributed by atoms with Crippen LogP contribution in [0.1, 0.15) is 40.4 Å². The van der Waals surface area contributed by atoms with Gasteiger partial charge in [-0.1, -0.05) is 30.3 Å². The zero-order valence-corrected chi connectivity index (χ0v) is 18.2. The van der Waals surface area contributed by atoms with E-state index >= 15 is 0 Å². The summed E-state index contributed by atoms with van der Waals surface area (Å²) < 4.78 is 5.19. The molecule has 0 unspecified atom stereocenters. The van der Waals surface area contributed by atoms with Crippen LogP contribution in [0.15, 0.2) is 66.7 Å². The molecule has 0 radical (unpaired) electrons. The Labute approximate surface area is 188 Å². The van der Waals surface area contributed by atoms with Crippen molar-refractivity contribution in [3.63, 3.8) is 0 Å². The Morgan fingerprint density at radius 1 is 1.06 bits per heavy atom. The van der Waals surface area contributed by atoms with E-state index in [1.807, 2.05) is 59.5 Å². The summed E-state index contributed by atoms with van der Waals surface area (Å²) >= 11 is 0. The number of carbonyl (C=O) groups is 2. The number of hydrogen-bond donors (Lipinski definition) is 1. The standard InChI is InChI=1S/C26H27N3O3/c1-32-22-13-7-18(8-14-22)16-25(30)29-15-3-4-21(17-29)24-6-2-5-23(28-24)19-9-11-20(12-10-19)26(27)31/h2,5-14,21H,3-4,15-17H2,1H3,(H2,27,31)/t21-/m1/s1. The van der Waals surface area contributed by atoms with Crippen LogP contribution in [0.3, 0.4) is 0 Å². The fourth-order valence-electron chi connectivity index (χ4n) is 4.12. The number of pyridine rings is 1. The fraction of sp³-hybridized carbons (Fsp3) is 0.269. The van der Waals surface area contributed by atoms with Crippen molar-refractivity contribution in [3.05, 3.63) is 83.6 Å².